The molecule has 0 atom stereocenters. The second-order valence-electron chi connectivity index (χ2n) is 7.66. The number of carbonyl (C=O) groups is 1. The number of rotatable bonds is 9. The number of ether oxygens (including phenoxy) is 1. The van der Waals surface area contributed by atoms with Crippen LogP contribution >= 0.6 is 0 Å². The average Bonchev–Trinajstić information content (AvgIpc) is 3.38. The Bertz CT molecular complexity index is 1420. The van der Waals surface area contributed by atoms with Crippen molar-refractivity contribution in [1.82, 2.24) is 4.90 Å². The fraction of sp³-hybridized carbons (Fsp3) is 0.115. The van der Waals surface area contributed by atoms with E-state index in [0.29, 0.717) is 22.8 Å². The summed E-state index contributed by atoms with van der Waals surface area (Å²) < 4.78 is 54.9. The molecule has 36 heavy (non-hydrogen) atoms. The van der Waals surface area contributed by atoms with Crippen molar-refractivity contribution in [1.29, 1.82) is 0 Å². The van der Waals surface area contributed by atoms with Gasteiger partial charge in [-0.2, -0.15) is 8.42 Å². The lowest BCUT2D eigenvalue weighted by molar-refractivity contribution is 0.200. The number of carbonyl (C=O) groups excluding carboxylic acids is 1. The largest absolute Gasteiger partial charge is 0.495 e. The fourth-order valence-corrected chi connectivity index (χ4v) is 4.39. The van der Waals surface area contributed by atoms with Gasteiger partial charge in [-0.3, -0.25) is 0 Å². The molecule has 3 aromatic carbocycles. The lowest BCUT2D eigenvalue weighted by Gasteiger charge is -2.24. The van der Waals surface area contributed by atoms with Crippen LogP contribution in [0.15, 0.2) is 101 Å². The number of hydrogen-bond acceptors (Lipinski definition) is 6. The lowest BCUT2D eigenvalue weighted by Crippen LogP contribution is -2.34. The Labute approximate surface area is 208 Å². The average molecular weight is 511 g/mol. The van der Waals surface area contributed by atoms with Gasteiger partial charge in [0.1, 0.15) is 28.0 Å². The number of methoxy groups -OCH3 is 1. The number of hydrogen-bond donors (Lipinski definition) is 1. The maximum atomic E-state index is 13.3. The van der Waals surface area contributed by atoms with Crippen molar-refractivity contribution >= 4 is 21.8 Å². The number of nitrogens with zero attached hydrogens (tertiary/aromatic N) is 1. The first kappa shape index (κ1) is 24.8. The van der Waals surface area contributed by atoms with E-state index in [1.54, 1.807) is 54.6 Å². The van der Waals surface area contributed by atoms with Crippen LogP contribution < -0.4 is 14.2 Å². The summed E-state index contributed by atoms with van der Waals surface area (Å²) in [4.78, 5) is 14.5. The third-order valence-electron chi connectivity index (χ3n) is 5.20. The molecule has 4 rings (SSSR count). The molecule has 10 heteroatoms. The maximum Gasteiger partial charge on any atom is 0.339 e. The minimum atomic E-state index is -4.24. The topological polar surface area (TPSA) is 98.1 Å². The molecule has 186 valence electrons. The van der Waals surface area contributed by atoms with Crippen LogP contribution in [0.5, 0.6) is 11.5 Å². The highest BCUT2D eigenvalue weighted by atomic mass is 32.2. The Kier molecular flexibility index (Phi) is 7.55. The molecule has 0 aliphatic carbocycles. The molecule has 0 fully saturated rings. The van der Waals surface area contributed by atoms with Crippen LogP contribution in [-0.4, -0.2) is 26.5 Å². The molecule has 0 saturated heterocycles. The summed E-state index contributed by atoms with van der Waals surface area (Å²) >= 11 is 0. The van der Waals surface area contributed by atoms with E-state index in [1.807, 2.05) is 0 Å². The number of amides is 2. The van der Waals surface area contributed by atoms with Gasteiger partial charge in [-0.05, 0) is 54.6 Å². The van der Waals surface area contributed by atoms with Crippen molar-refractivity contribution in [2.75, 3.05) is 12.4 Å². The molecular weight excluding hydrogens is 487 g/mol. The first-order valence-corrected chi connectivity index (χ1v) is 12.3. The van der Waals surface area contributed by atoms with E-state index in [4.69, 9.17) is 13.3 Å². The normalized spacial score (nSPS) is 11.1. The van der Waals surface area contributed by atoms with Crippen molar-refractivity contribution in [3.05, 3.63) is 108 Å². The molecule has 0 aliphatic heterocycles. The number of anilines is 1. The first-order chi connectivity index (χ1) is 17.4. The highest BCUT2D eigenvalue weighted by Crippen LogP contribution is 2.27. The zero-order chi connectivity index (χ0) is 25.5. The molecule has 2 amide bonds. The highest BCUT2D eigenvalue weighted by molar-refractivity contribution is 7.87. The van der Waals surface area contributed by atoms with Crippen LogP contribution in [0.2, 0.25) is 0 Å². The Hall–Kier alpha value is -4.31. The molecule has 1 heterocycles. The molecule has 0 unspecified atom stereocenters. The number of benzene rings is 3. The van der Waals surface area contributed by atoms with Crippen LogP contribution in [0.3, 0.4) is 0 Å². The Morgan fingerprint density at radius 2 is 1.61 bits per heavy atom. The van der Waals surface area contributed by atoms with Gasteiger partial charge in [0.2, 0.25) is 0 Å². The van der Waals surface area contributed by atoms with E-state index >= 15 is 0 Å². The van der Waals surface area contributed by atoms with Gasteiger partial charge in [0, 0.05) is 5.56 Å². The smallest absolute Gasteiger partial charge is 0.339 e. The molecule has 0 radical (unpaired) electrons. The number of furan rings is 1. The quantitative estimate of drug-likeness (QED) is 0.302. The Morgan fingerprint density at radius 1 is 0.917 bits per heavy atom. The summed E-state index contributed by atoms with van der Waals surface area (Å²) in [6, 6.07) is 20.7. The number of para-hydroxylation sites is 3. The maximum absolute atomic E-state index is 13.3. The molecule has 8 nitrogen and oxygen atoms in total. The minimum absolute atomic E-state index is 0.00318. The van der Waals surface area contributed by atoms with Crippen LogP contribution in [-0.2, 0) is 23.2 Å². The zero-order valence-corrected chi connectivity index (χ0v) is 20.1. The predicted molar refractivity (Wildman–Crippen MR) is 131 cm³/mol. The van der Waals surface area contributed by atoms with Crippen molar-refractivity contribution in [3.63, 3.8) is 0 Å². The van der Waals surface area contributed by atoms with Gasteiger partial charge in [0.15, 0.2) is 0 Å². The number of halogens is 1. The van der Waals surface area contributed by atoms with Gasteiger partial charge in [-0.15, -0.1) is 0 Å². The van der Waals surface area contributed by atoms with E-state index in [1.165, 1.54) is 24.3 Å². The molecule has 1 aromatic heterocycles. The van der Waals surface area contributed by atoms with Gasteiger partial charge in [0.25, 0.3) is 0 Å². The van der Waals surface area contributed by atoms with Gasteiger partial charge >= 0.3 is 16.1 Å². The van der Waals surface area contributed by atoms with Gasteiger partial charge < -0.3 is 23.6 Å². The fourth-order valence-electron chi connectivity index (χ4n) is 3.42. The standard InChI is InChI=1S/C26H23FN2O6S/c1-33-25-11-5-3-9-23(25)28-26(30)29(18-21-8-6-16-34-21)17-19-7-2-4-10-24(19)35-36(31,32)22-14-12-20(27)13-15-22/h2-16H,17-18H2,1H3,(H,28,30). The Balaban J connectivity index is 1.60. The molecule has 1 N–H and O–H groups in total. The summed E-state index contributed by atoms with van der Waals surface area (Å²) in [5.74, 6) is 0.487. The second kappa shape index (κ2) is 11.0. The van der Waals surface area contributed by atoms with E-state index in [9.17, 15) is 17.6 Å². The van der Waals surface area contributed by atoms with Crippen molar-refractivity contribution in [2.45, 2.75) is 18.0 Å². The molecule has 0 spiro atoms. The predicted octanol–water partition coefficient (Wildman–Crippen LogP) is 5.43. The van der Waals surface area contributed by atoms with Crippen molar-refractivity contribution < 1.29 is 30.9 Å². The van der Waals surface area contributed by atoms with Crippen molar-refractivity contribution in [3.8, 4) is 11.5 Å². The lowest BCUT2D eigenvalue weighted by atomic mass is 10.2. The zero-order valence-electron chi connectivity index (χ0n) is 19.3. The summed E-state index contributed by atoms with van der Waals surface area (Å²) in [7, 11) is -2.74. The van der Waals surface area contributed by atoms with Crippen LogP contribution in [0, 0.1) is 5.82 Å². The summed E-state index contributed by atoms with van der Waals surface area (Å²) in [6.45, 7) is 0.101. The van der Waals surface area contributed by atoms with E-state index in [2.05, 4.69) is 5.32 Å². The molecular formula is C26H23FN2O6S. The third kappa shape index (κ3) is 6.02. The highest BCUT2D eigenvalue weighted by Gasteiger charge is 2.22. The van der Waals surface area contributed by atoms with Crippen molar-refractivity contribution in [2.24, 2.45) is 0 Å². The second-order valence-corrected chi connectivity index (χ2v) is 9.21. The van der Waals surface area contributed by atoms with Gasteiger partial charge in [-0.1, -0.05) is 30.3 Å². The van der Waals surface area contributed by atoms with E-state index < -0.39 is 22.0 Å². The van der Waals surface area contributed by atoms with Crippen LogP contribution in [0.4, 0.5) is 14.9 Å². The van der Waals surface area contributed by atoms with E-state index in [-0.39, 0.29) is 23.7 Å². The third-order valence-corrected chi connectivity index (χ3v) is 6.45. The number of urea groups is 1. The number of nitrogens with one attached hydrogen (secondary N) is 1. The SMILES string of the molecule is COc1ccccc1NC(=O)N(Cc1ccco1)Cc1ccccc1OS(=O)(=O)c1ccc(F)cc1. The van der Waals surface area contributed by atoms with Crippen LogP contribution in [0.25, 0.3) is 0 Å². The summed E-state index contributed by atoms with van der Waals surface area (Å²) in [6.07, 6.45) is 1.50. The summed E-state index contributed by atoms with van der Waals surface area (Å²) in [5, 5.41) is 2.82. The van der Waals surface area contributed by atoms with Gasteiger partial charge in [-0.25, -0.2) is 9.18 Å². The van der Waals surface area contributed by atoms with Gasteiger partial charge in [0.05, 0.1) is 32.1 Å². The Morgan fingerprint density at radius 3 is 2.31 bits per heavy atom. The minimum Gasteiger partial charge on any atom is -0.495 e. The first-order valence-electron chi connectivity index (χ1n) is 10.8. The molecule has 4 aromatic rings. The molecule has 0 aliphatic rings. The summed E-state index contributed by atoms with van der Waals surface area (Å²) in [5.41, 5.74) is 0.905. The molecule has 0 bridgehead atoms. The molecule has 0 saturated carbocycles. The van der Waals surface area contributed by atoms with Crippen LogP contribution in [0.1, 0.15) is 11.3 Å². The monoisotopic (exact) mass is 510 g/mol. The van der Waals surface area contributed by atoms with E-state index in [0.717, 1.165) is 24.3 Å².